The zero-order chi connectivity index (χ0) is 12.8. The van der Waals surface area contributed by atoms with E-state index in [2.05, 4.69) is 14.6 Å². The van der Waals surface area contributed by atoms with Gasteiger partial charge in [-0.05, 0) is 24.4 Å². The van der Waals surface area contributed by atoms with Crippen molar-refractivity contribution in [2.24, 2.45) is 5.11 Å². The highest BCUT2D eigenvalue weighted by Gasteiger charge is 2.06. The summed E-state index contributed by atoms with van der Waals surface area (Å²) in [4.78, 5) is 13.7. The van der Waals surface area contributed by atoms with E-state index in [9.17, 15) is 4.79 Å². The van der Waals surface area contributed by atoms with Crippen LogP contribution in [0.5, 0.6) is 0 Å². The van der Waals surface area contributed by atoms with Gasteiger partial charge in [0.05, 0.1) is 0 Å². The minimum atomic E-state index is 0.524. The Morgan fingerprint density at radius 3 is 2.94 bits per heavy atom. The second-order valence-corrected chi connectivity index (χ2v) is 4.07. The summed E-state index contributed by atoms with van der Waals surface area (Å²) in [5, 5.41) is 4.49. The number of aromatic nitrogens is 1. The van der Waals surface area contributed by atoms with Gasteiger partial charge in [-0.3, -0.25) is 4.79 Å². The third-order valence-corrected chi connectivity index (χ3v) is 2.92. The molecule has 0 aliphatic heterocycles. The number of hydrogen-bond donors (Lipinski definition) is 0. The number of azide groups is 1. The van der Waals surface area contributed by atoms with Crippen molar-refractivity contribution in [2.75, 3.05) is 6.54 Å². The predicted molar refractivity (Wildman–Crippen MR) is 70.6 cm³/mol. The van der Waals surface area contributed by atoms with Crippen LogP contribution in [0.4, 0.5) is 0 Å². The van der Waals surface area contributed by atoms with Crippen LogP contribution in [0.15, 0.2) is 35.6 Å². The van der Waals surface area contributed by atoms with Gasteiger partial charge in [-0.25, -0.2) is 0 Å². The van der Waals surface area contributed by atoms with Crippen molar-refractivity contribution in [2.45, 2.75) is 19.4 Å². The van der Waals surface area contributed by atoms with Crippen molar-refractivity contribution < 1.29 is 4.79 Å². The molecule has 0 saturated heterocycles. The molecule has 0 saturated carbocycles. The average Bonchev–Trinajstić information content (AvgIpc) is 2.77. The largest absolute Gasteiger partial charge is 0.347 e. The van der Waals surface area contributed by atoms with E-state index < -0.39 is 0 Å². The first-order chi connectivity index (χ1) is 8.86. The number of carbonyl (C=O) groups is 1. The van der Waals surface area contributed by atoms with Crippen LogP contribution < -0.4 is 0 Å². The molecule has 0 bridgehead atoms. The second-order valence-electron chi connectivity index (χ2n) is 4.07. The maximum atomic E-state index is 11.0. The molecule has 0 fully saturated rings. The lowest BCUT2D eigenvalue weighted by Gasteiger charge is -2.03. The van der Waals surface area contributed by atoms with E-state index in [0.717, 1.165) is 42.1 Å². The van der Waals surface area contributed by atoms with Crippen molar-refractivity contribution in [3.05, 3.63) is 46.5 Å². The molecule has 0 aliphatic rings. The fourth-order valence-corrected chi connectivity index (χ4v) is 2.06. The van der Waals surface area contributed by atoms with Gasteiger partial charge in [0.1, 0.15) is 0 Å². The van der Waals surface area contributed by atoms with Gasteiger partial charge >= 0.3 is 0 Å². The van der Waals surface area contributed by atoms with Crippen molar-refractivity contribution in [1.29, 1.82) is 0 Å². The number of hydrogen-bond acceptors (Lipinski definition) is 2. The van der Waals surface area contributed by atoms with E-state index in [1.54, 1.807) is 0 Å². The molecule has 1 aromatic heterocycles. The van der Waals surface area contributed by atoms with E-state index in [-0.39, 0.29) is 0 Å². The Balaban J connectivity index is 2.13. The maximum absolute atomic E-state index is 11.0. The SMILES string of the molecule is [N-]=[N+]=NCCCCn1cc(C=O)c2ccccc21. The molecule has 2 rings (SSSR count). The molecule has 5 nitrogen and oxygen atoms in total. The fourth-order valence-electron chi connectivity index (χ4n) is 2.06. The molecule has 2 aromatic rings. The summed E-state index contributed by atoms with van der Waals surface area (Å²) in [5.74, 6) is 0. The number of aryl methyl sites for hydroxylation is 1. The maximum Gasteiger partial charge on any atom is 0.152 e. The minimum Gasteiger partial charge on any atom is -0.347 e. The molecule has 5 heteroatoms. The first-order valence-corrected chi connectivity index (χ1v) is 5.90. The highest BCUT2D eigenvalue weighted by molar-refractivity contribution is 5.97. The van der Waals surface area contributed by atoms with Gasteiger partial charge in [0.15, 0.2) is 6.29 Å². The normalized spacial score (nSPS) is 10.2. The van der Waals surface area contributed by atoms with Crippen LogP contribution in [0.3, 0.4) is 0 Å². The first-order valence-electron chi connectivity index (χ1n) is 5.90. The van der Waals surface area contributed by atoms with Crippen molar-refractivity contribution >= 4 is 17.2 Å². The predicted octanol–water partition coefficient (Wildman–Crippen LogP) is 3.54. The molecule has 0 atom stereocenters. The second kappa shape index (κ2) is 5.89. The van der Waals surface area contributed by atoms with Crippen LogP contribution >= 0.6 is 0 Å². The molecule has 92 valence electrons. The lowest BCUT2D eigenvalue weighted by molar-refractivity contribution is 0.112. The zero-order valence-corrected chi connectivity index (χ0v) is 9.99. The quantitative estimate of drug-likeness (QED) is 0.251. The Bertz CT molecular complexity index is 596. The molecule has 18 heavy (non-hydrogen) atoms. The highest BCUT2D eigenvalue weighted by Crippen LogP contribution is 2.20. The van der Waals surface area contributed by atoms with Gasteiger partial charge in [0, 0.05) is 40.7 Å². The third kappa shape index (κ3) is 2.52. The summed E-state index contributed by atoms with van der Waals surface area (Å²) in [6.45, 7) is 1.35. The van der Waals surface area contributed by atoms with Crippen LogP contribution in [-0.2, 0) is 6.54 Å². The summed E-state index contributed by atoms with van der Waals surface area (Å²) >= 11 is 0. The van der Waals surface area contributed by atoms with Crippen LogP contribution in [0.25, 0.3) is 21.3 Å². The van der Waals surface area contributed by atoms with Crippen LogP contribution in [0.1, 0.15) is 23.2 Å². The Morgan fingerprint density at radius 1 is 1.33 bits per heavy atom. The Labute approximate surface area is 105 Å². The molecule has 0 N–H and O–H groups in total. The van der Waals surface area contributed by atoms with Gasteiger partial charge in [0.2, 0.25) is 0 Å². The highest BCUT2D eigenvalue weighted by atomic mass is 16.1. The monoisotopic (exact) mass is 242 g/mol. The first kappa shape index (κ1) is 12.2. The lowest BCUT2D eigenvalue weighted by atomic mass is 10.2. The van der Waals surface area contributed by atoms with Gasteiger partial charge in [0.25, 0.3) is 0 Å². The van der Waals surface area contributed by atoms with E-state index >= 15 is 0 Å². The third-order valence-electron chi connectivity index (χ3n) is 2.92. The van der Waals surface area contributed by atoms with Crippen molar-refractivity contribution in [3.8, 4) is 0 Å². The summed E-state index contributed by atoms with van der Waals surface area (Å²) in [6.07, 6.45) is 4.55. The molecule has 0 radical (unpaired) electrons. The van der Waals surface area contributed by atoms with Gasteiger partial charge in [-0.2, -0.15) is 0 Å². The molecular formula is C13H14N4O. The topological polar surface area (TPSA) is 70.8 Å². The average molecular weight is 242 g/mol. The van der Waals surface area contributed by atoms with E-state index in [1.807, 2.05) is 30.5 Å². The van der Waals surface area contributed by atoms with Gasteiger partial charge in [-0.1, -0.05) is 23.3 Å². The molecule has 1 aromatic carbocycles. The molecule has 0 amide bonds. The fraction of sp³-hybridized carbons (Fsp3) is 0.308. The van der Waals surface area contributed by atoms with E-state index in [1.165, 1.54) is 0 Å². The molecular weight excluding hydrogens is 228 g/mol. The Morgan fingerprint density at radius 2 is 2.17 bits per heavy atom. The molecule has 1 heterocycles. The molecule has 0 spiro atoms. The number of unbranched alkanes of at least 4 members (excludes halogenated alkanes) is 1. The number of benzene rings is 1. The van der Waals surface area contributed by atoms with E-state index in [0.29, 0.717) is 6.54 Å². The van der Waals surface area contributed by atoms with E-state index in [4.69, 9.17) is 5.53 Å². The van der Waals surface area contributed by atoms with Crippen molar-refractivity contribution in [1.82, 2.24) is 4.57 Å². The van der Waals surface area contributed by atoms with Crippen LogP contribution in [-0.4, -0.2) is 17.4 Å². The smallest absolute Gasteiger partial charge is 0.152 e. The Hall–Kier alpha value is -2.26. The van der Waals surface area contributed by atoms with Crippen molar-refractivity contribution in [3.63, 3.8) is 0 Å². The number of nitrogens with zero attached hydrogens (tertiary/aromatic N) is 4. The van der Waals surface area contributed by atoms with Gasteiger partial charge < -0.3 is 4.57 Å². The number of rotatable bonds is 6. The van der Waals surface area contributed by atoms with Gasteiger partial charge in [-0.15, -0.1) is 0 Å². The standard InChI is InChI=1S/C13H14N4O/c14-16-15-7-3-4-8-17-9-11(10-18)12-5-1-2-6-13(12)17/h1-2,5-6,9-10H,3-4,7-8H2. The minimum absolute atomic E-state index is 0.524. The molecule has 0 aliphatic carbocycles. The zero-order valence-electron chi connectivity index (χ0n) is 9.99. The number of aldehydes is 1. The Kier molecular flexibility index (Phi) is 3.99. The summed E-state index contributed by atoms with van der Waals surface area (Å²) < 4.78 is 2.08. The summed E-state index contributed by atoms with van der Waals surface area (Å²) in [7, 11) is 0. The number of para-hydroxylation sites is 1. The van der Waals surface area contributed by atoms with Crippen LogP contribution in [0.2, 0.25) is 0 Å². The summed E-state index contributed by atoms with van der Waals surface area (Å²) in [6, 6.07) is 7.86. The summed E-state index contributed by atoms with van der Waals surface area (Å²) in [5.41, 5.74) is 9.97. The number of fused-ring (bicyclic) bond motifs is 1. The van der Waals surface area contributed by atoms with Crippen LogP contribution in [0, 0.1) is 0 Å². The lowest BCUT2D eigenvalue weighted by Crippen LogP contribution is -1.96. The number of carbonyl (C=O) groups excluding carboxylic acids is 1. The molecule has 0 unspecified atom stereocenters.